The summed E-state index contributed by atoms with van der Waals surface area (Å²) < 4.78 is 42.2. The van der Waals surface area contributed by atoms with Gasteiger partial charge >= 0.3 is 7.12 Å². The topological polar surface area (TPSA) is 57.5 Å². The van der Waals surface area contributed by atoms with E-state index in [0.717, 1.165) is 29.3 Å². The largest absolute Gasteiger partial charge is 0.497 e. The zero-order chi connectivity index (χ0) is 24.2. The minimum atomic E-state index is -3.88. The monoisotopic (exact) mass is 487 g/mol. The summed E-state index contributed by atoms with van der Waals surface area (Å²) in [5.74, 6) is 0. The van der Waals surface area contributed by atoms with Crippen LogP contribution in [0.3, 0.4) is 0 Å². The fourth-order valence-electron chi connectivity index (χ4n) is 4.21. The van der Waals surface area contributed by atoms with Gasteiger partial charge in [-0.25, -0.2) is 12.4 Å². The van der Waals surface area contributed by atoms with E-state index < -0.39 is 28.3 Å². The molecule has 176 valence electrons. The first-order chi connectivity index (χ1) is 15.4. The van der Waals surface area contributed by atoms with Crippen LogP contribution in [0.15, 0.2) is 47.4 Å². The van der Waals surface area contributed by atoms with E-state index in [1.807, 2.05) is 52.8 Å². The van der Waals surface area contributed by atoms with Gasteiger partial charge in [-0.05, 0) is 71.7 Å². The Morgan fingerprint density at radius 2 is 1.61 bits per heavy atom. The van der Waals surface area contributed by atoms with E-state index in [0.29, 0.717) is 22.7 Å². The Balaban J connectivity index is 2.03. The van der Waals surface area contributed by atoms with Crippen LogP contribution in [-0.2, 0) is 25.8 Å². The van der Waals surface area contributed by atoms with Crippen LogP contribution in [0.4, 0.5) is 0 Å². The van der Waals surface area contributed by atoms with Crippen molar-refractivity contribution in [1.82, 2.24) is 3.97 Å². The van der Waals surface area contributed by atoms with E-state index in [1.54, 1.807) is 24.3 Å². The maximum absolute atomic E-state index is 14.0. The van der Waals surface area contributed by atoms with Crippen molar-refractivity contribution in [2.45, 2.75) is 76.9 Å². The quantitative estimate of drug-likeness (QED) is 0.432. The van der Waals surface area contributed by atoms with Crippen LogP contribution in [0, 0.1) is 6.92 Å². The Bertz CT molecular complexity index is 1280. The van der Waals surface area contributed by atoms with E-state index in [9.17, 15) is 8.42 Å². The molecule has 33 heavy (non-hydrogen) atoms. The molecule has 0 spiro atoms. The van der Waals surface area contributed by atoms with Crippen molar-refractivity contribution in [2.24, 2.45) is 0 Å². The van der Waals surface area contributed by atoms with Gasteiger partial charge in [0, 0.05) is 21.6 Å². The van der Waals surface area contributed by atoms with E-state index in [2.05, 4.69) is 6.92 Å². The number of hydrogen-bond donors (Lipinski definition) is 0. The molecule has 1 fully saturated rings. The predicted molar refractivity (Wildman–Crippen MR) is 135 cm³/mol. The fraction of sp³-hybridized carbons (Fsp3) is 0.440. The van der Waals surface area contributed by atoms with Crippen molar-refractivity contribution in [3.8, 4) is 0 Å². The average Bonchev–Trinajstić information content (AvgIpc) is 3.16. The standard InChI is InChI=1S/C25H31BClNO4S/c1-7-8-9-21-23(26-31-24(3,4)25(5,6)32-26)20-15-12-18(27)16-22(20)28(21)33(29,30)19-13-10-17(2)11-14-19/h10-16H,7-9H2,1-6H3. The first-order valence-electron chi connectivity index (χ1n) is 11.4. The first kappa shape index (κ1) is 24.3. The molecule has 0 saturated carbocycles. The number of aromatic nitrogens is 1. The number of hydrogen-bond acceptors (Lipinski definition) is 4. The molecule has 1 aromatic heterocycles. The molecular formula is C25H31BClNO4S. The maximum Gasteiger partial charge on any atom is 0.497 e. The molecule has 0 bridgehead atoms. The zero-order valence-electron chi connectivity index (χ0n) is 20.1. The fourth-order valence-corrected chi connectivity index (χ4v) is 5.95. The normalized spacial score (nSPS) is 17.7. The molecule has 1 saturated heterocycles. The summed E-state index contributed by atoms with van der Waals surface area (Å²) in [7, 11) is -4.56. The van der Waals surface area contributed by atoms with Gasteiger partial charge in [0.1, 0.15) is 0 Å². The maximum atomic E-state index is 14.0. The lowest BCUT2D eigenvalue weighted by Gasteiger charge is -2.32. The molecule has 0 aliphatic carbocycles. The third-order valence-electron chi connectivity index (χ3n) is 6.84. The van der Waals surface area contributed by atoms with Crippen molar-refractivity contribution in [2.75, 3.05) is 0 Å². The van der Waals surface area contributed by atoms with Crippen molar-refractivity contribution in [3.63, 3.8) is 0 Å². The lowest BCUT2D eigenvalue weighted by Crippen LogP contribution is -2.41. The molecule has 4 rings (SSSR count). The molecule has 1 aliphatic rings. The first-order valence-corrected chi connectivity index (χ1v) is 13.2. The summed E-state index contributed by atoms with van der Waals surface area (Å²) in [6, 6.07) is 12.3. The molecule has 0 radical (unpaired) electrons. The number of benzene rings is 2. The second kappa shape index (κ2) is 8.45. The number of aryl methyl sites for hydroxylation is 1. The van der Waals surface area contributed by atoms with Crippen LogP contribution in [0.2, 0.25) is 5.02 Å². The van der Waals surface area contributed by atoms with E-state index in [1.165, 1.54) is 3.97 Å². The molecular weight excluding hydrogens is 457 g/mol. The Labute approximate surface area is 202 Å². The summed E-state index contributed by atoms with van der Waals surface area (Å²) in [6.07, 6.45) is 2.34. The smallest absolute Gasteiger partial charge is 0.399 e. The molecule has 8 heteroatoms. The number of rotatable bonds is 6. The van der Waals surface area contributed by atoms with Gasteiger partial charge in [-0.1, -0.05) is 48.7 Å². The molecule has 3 aromatic rings. The third-order valence-corrected chi connectivity index (χ3v) is 8.84. The van der Waals surface area contributed by atoms with Gasteiger partial charge in [-0.3, -0.25) is 0 Å². The number of fused-ring (bicyclic) bond motifs is 1. The molecule has 2 aromatic carbocycles. The van der Waals surface area contributed by atoms with E-state index in [4.69, 9.17) is 20.9 Å². The lowest BCUT2D eigenvalue weighted by atomic mass is 9.76. The Morgan fingerprint density at radius 1 is 1.00 bits per heavy atom. The van der Waals surface area contributed by atoms with Gasteiger partial charge in [0.2, 0.25) is 0 Å². The molecule has 0 amide bonds. The van der Waals surface area contributed by atoms with Crippen molar-refractivity contribution in [3.05, 3.63) is 58.7 Å². The molecule has 1 aliphatic heterocycles. The van der Waals surface area contributed by atoms with Gasteiger partial charge in [-0.15, -0.1) is 0 Å². The molecule has 2 heterocycles. The minimum absolute atomic E-state index is 0.239. The third kappa shape index (κ3) is 4.14. The SMILES string of the molecule is CCCCc1c(B2OC(C)(C)C(C)(C)O2)c2ccc(Cl)cc2n1S(=O)(=O)c1ccc(C)cc1. The van der Waals surface area contributed by atoms with Gasteiger partial charge < -0.3 is 9.31 Å². The predicted octanol–water partition coefficient (Wildman–Crippen LogP) is 5.48. The lowest BCUT2D eigenvalue weighted by molar-refractivity contribution is 0.00578. The second-order valence-corrected chi connectivity index (χ2v) is 12.0. The van der Waals surface area contributed by atoms with Crippen molar-refractivity contribution >= 4 is 45.1 Å². The van der Waals surface area contributed by atoms with Crippen molar-refractivity contribution in [1.29, 1.82) is 0 Å². The van der Waals surface area contributed by atoms with Crippen LogP contribution in [0.5, 0.6) is 0 Å². The van der Waals surface area contributed by atoms with Gasteiger partial charge in [0.15, 0.2) is 0 Å². The van der Waals surface area contributed by atoms with Crippen LogP contribution in [0.25, 0.3) is 10.9 Å². The van der Waals surface area contributed by atoms with Crippen molar-refractivity contribution < 1.29 is 17.7 Å². The second-order valence-electron chi connectivity index (χ2n) is 9.80. The number of halogens is 1. The van der Waals surface area contributed by atoms with Crippen LogP contribution >= 0.6 is 11.6 Å². The Kier molecular flexibility index (Phi) is 6.23. The molecule has 5 nitrogen and oxygen atoms in total. The number of unbranched alkanes of at least 4 members (excludes halogenated alkanes) is 1. The minimum Gasteiger partial charge on any atom is -0.399 e. The summed E-state index contributed by atoms with van der Waals surface area (Å²) in [4.78, 5) is 0.239. The van der Waals surface area contributed by atoms with Gasteiger partial charge in [0.05, 0.1) is 21.6 Å². The highest BCUT2D eigenvalue weighted by Crippen LogP contribution is 2.38. The summed E-state index contributed by atoms with van der Waals surface area (Å²) in [5.41, 5.74) is 1.90. The van der Waals surface area contributed by atoms with Gasteiger partial charge in [-0.2, -0.15) is 0 Å². The highest BCUT2D eigenvalue weighted by atomic mass is 35.5. The van der Waals surface area contributed by atoms with E-state index in [-0.39, 0.29) is 4.90 Å². The Morgan fingerprint density at radius 3 is 2.18 bits per heavy atom. The van der Waals surface area contributed by atoms with Crippen LogP contribution in [0.1, 0.15) is 58.7 Å². The van der Waals surface area contributed by atoms with Crippen LogP contribution in [-0.4, -0.2) is 30.7 Å². The molecule has 0 unspecified atom stereocenters. The molecule has 0 N–H and O–H groups in total. The number of nitrogens with zero attached hydrogens (tertiary/aromatic N) is 1. The highest BCUT2D eigenvalue weighted by molar-refractivity contribution is 7.90. The summed E-state index contributed by atoms with van der Waals surface area (Å²) in [6.45, 7) is 12.0. The average molecular weight is 488 g/mol. The highest BCUT2D eigenvalue weighted by Gasteiger charge is 2.53. The van der Waals surface area contributed by atoms with E-state index >= 15 is 0 Å². The van der Waals surface area contributed by atoms with Crippen LogP contribution < -0.4 is 5.46 Å². The zero-order valence-corrected chi connectivity index (χ0v) is 21.7. The molecule has 0 atom stereocenters. The summed E-state index contributed by atoms with van der Waals surface area (Å²) in [5, 5.41) is 1.25. The Hall–Kier alpha value is -1.80. The summed E-state index contributed by atoms with van der Waals surface area (Å²) >= 11 is 6.35. The van der Waals surface area contributed by atoms with Gasteiger partial charge in [0.25, 0.3) is 10.0 Å².